The number of nitrogens with zero attached hydrogens (tertiary/aromatic N) is 1. The van der Waals surface area contributed by atoms with Gasteiger partial charge in [0.25, 0.3) is 5.91 Å². The Morgan fingerprint density at radius 1 is 1.33 bits per heavy atom. The molecule has 0 saturated heterocycles. The second-order valence-electron chi connectivity index (χ2n) is 5.80. The predicted molar refractivity (Wildman–Crippen MR) is 110 cm³/mol. The topological polar surface area (TPSA) is 114 Å². The Hall–Kier alpha value is -2.53. The summed E-state index contributed by atoms with van der Waals surface area (Å²) in [5.74, 6) is -2.80. The van der Waals surface area contributed by atoms with Gasteiger partial charge >= 0.3 is 5.97 Å². The summed E-state index contributed by atoms with van der Waals surface area (Å²) in [7, 11) is -4.21. The van der Waals surface area contributed by atoms with Crippen molar-refractivity contribution in [1.29, 1.82) is 0 Å². The molecule has 30 heavy (non-hydrogen) atoms. The van der Waals surface area contributed by atoms with E-state index in [1.807, 2.05) is 0 Å². The summed E-state index contributed by atoms with van der Waals surface area (Å²) in [5, 5.41) is 2.80. The molecule has 8 nitrogen and oxygen atoms in total. The maximum absolute atomic E-state index is 13.9. The third kappa shape index (κ3) is 5.76. The van der Waals surface area contributed by atoms with Crippen LogP contribution in [0.25, 0.3) is 0 Å². The number of esters is 1. The van der Waals surface area contributed by atoms with Gasteiger partial charge in [0.2, 0.25) is 10.0 Å². The molecule has 1 aromatic carbocycles. The van der Waals surface area contributed by atoms with Crippen LogP contribution in [-0.2, 0) is 19.6 Å². The Morgan fingerprint density at radius 2 is 2.03 bits per heavy atom. The van der Waals surface area contributed by atoms with Crippen molar-refractivity contribution in [2.75, 3.05) is 18.5 Å². The van der Waals surface area contributed by atoms with E-state index in [0.717, 1.165) is 18.2 Å². The van der Waals surface area contributed by atoms with Crippen molar-refractivity contribution in [3.8, 4) is 0 Å². The quantitative estimate of drug-likeness (QED) is 0.447. The molecule has 0 spiro atoms. The summed E-state index contributed by atoms with van der Waals surface area (Å²) in [6.45, 7) is 4.15. The zero-order valence-electron chi connectivity index (χ0n) is 15.5. The highest BCUT2D eigenvalue weighted by Crippen LogP contribution is 2.28. The van der Waals surface area contributed by atoms with Gasteiger partial charge in [-0.05, 0) is 30.7 Å². The maximum Gasteiger partial charge on any atom is 0.338 e. The van der Waals surface area contributed by atoms with Gasteiger partial charge in [-0.15, -0.1) is 6.58 Å². The number of pyridine rings is 1. The van der Waals surface area contributed by atoms with Crippen LogP contribution in [0.2, 0.25) is 10.0 Å². The average molecular weight is 476 g/mol. The highest BCUT2D eigenvalue weighted by atomic mass is 35.5. The van der Waals surface area contributed by atoms with Gasteiger partial charge in [-0.1, -0.05) is 29.3 Å². The Morgan fingerprint density at radius 3 is 2.70 bits per heavy atom. The predicted octanol–water partition coefficient (Wildman–Crippen LogP) is 3.10. The molecule has 0 aliphatic heterocycles. The molecule has 1 amide bonds. The Bertz CT molecular complexity index is 1110. The van der Waals surface area contributed by atoms with E-state index in [-0.39, 0.29) is 22.9 Å². The lowest BCUT2D eigenvalue weighted by Crippen LogP contribution is -2.25. The van der Waals surface area contributed by atoms with E-state index in [1.165, 1.54) is 12.3 Å². The Labute approximate surface area is 182 Å². The van der Waals surface area contributed by atoms with Gasteiger partial charge in [0.05, 0.1) is 15.6 Å². The monoisotopic (exact) mass is 475 g/mol. The summed E-state index contributed by atoms with van der Waals surface area (Å²) in [6, 6.07) is 2.64. The highest BCUT2D eigenvalue weighted by molar-refractivity contribution is 7.89. The molecule has 0 aliphatic rings. The van der Waals surface area contributed by atoms with Crippen LogP contribution < -0.4 is 10.0 Å². The smallest absolute Gasteiger partial charge is 0.338 e. The summed E-state index contributed by atoms with van der Waals surface area (Å²) in [4.78, 5) is 27.3. The molecule has 0 fully saturated rings. The number of hydrogen-bond donors (Lipinski definition) is 2. The molecule has 2 rings (SSSR count). The van der Waals surface area contributed by atoms with Crippen LogP contribution >= 0.6 is 23.2 Å². The fourth-order valence-corrected chi connectivity index (χ4v) is 3.60. The molecule has 0 aliphatic carbocycles. The van der Waals surface area contributed by atoms with E-state index in [2.05, 4.69) is 21.6 Å². The maximum atomic E-state index is 13.9. The molecule has 1 aromatic heterocycles. The van der Waals surface area contributed by atoms with E-state index in [1.54, 1.807) is 6.92 Å². The number of sulfonamides is 1. The molecule has 0 saturated carbocycles. The summed E-state index contributed by atoms with van der Waals surface area (Å²) >= 11 is 11.9. The van der Waals surface area contributed by atoms with Crippen LogP contribution in [0.4, 0.5) is 10.2 Å². The minimum atomic E-state index is -4.21. The van der Waals surface area contributed by atoms with E-state index < -0.39 is 39.2 Å². The molecular formula is C18H16Cl2FN3O5S. The summed E-state index contributed by atoms with van der Waals surface area (Å²) < 4.78 is 45.0. The van der Waals surface area contributed by atoms with Crippen molar-refractivity contribution in [1.82, 2.24) is 9.71 Å². The number of carbonyl (C=O) groups is 2. The van der Waals surface area contributed by atoms with Gasteiger partial charge in [0, 0.05) is 12.7 Å². The normalized spacial score (nSPS) is 11.1. The van der Waals surface area contributed by atoms with Gasteiger partial charge in [-0.2, -0.15) is 0 Å². The lowest BCUT2D eigenvalue weighted by molar-refractivity contribution is -0.119. The highest BCUT2D eigenvalue weighted by Gasteiger charge is 2.21. The first kappa shape index (κ1) is 23.7. The number of ether oxygens (including phenoxy) is 1. The molecule has 1 heterocycles. The van der Waals surface area contributed by atoms with Crippen LogP contribution in [0.1, 0.15) is 15.9 Å². The van der Waals surface area contributed by atoms with Gasteiger partial charge in [0.15, 0.2) is 12.4 Å². The van der Waals surface area contributed by atoms with Gasteiger partial charge in [-0.3, -0.25) is 4.79 Å². The Kier molecular flexibility index (Phi) is 7.90. The number of rotatable bonds is 8. The van der Waals surface area contributed by atoms with Gasteiger partial charge < -0.3 is 10.1 Å². The lowest BCUT2D eigenvalue weighted by Gasteiger charge is -2.10. The van der Waals surface area contributed by atoms with E-state index >= 15 is 0 Å². The fourth-order valence-electron chi connectivity index (χ4n) is 2.11. The number of aromatic nitrogens is 1. The largest absolute Gasteiger partial charge is 0.452 e. The zero-order chi connectivity index (χ0) is 22.5. The molecule has 0 bridgehead atoms. The third-order valence-electron chi connectivity index (χ3n) is 3.67. The number of halogens is 3. The first-order valence-electron chi connectivity index (χ1n) is 8.24. The minimum Gasteiger partial charge on any atom is -0.452 e. The fraction of sp³-hybridized carbons (Fsp3) is 0.167. The number of nitrogens with one attached hydrogen (secondary N) is 2. The number of hydrogen-bond acceptors (Lipinski definition) is 6. The van der Waals surface area contributed by atoms with Crippen molar-refractivity contribution in [3.05, 3.63) is 64.0 Å². The number of carbonyl (C=O) groups excluding carboxylic acids is 2. The van der Waals surface area contributed by atoms with Crippen LogP contribution in [0.15, 0.2) is 41.9 Å². The molecule has 12 heteroatoms. The third-order valence-corrected chi connectivity index (χ3v) is 5.95. The molecule has 0 atom stereocenters. The average Bonchev–Trinajstić information content (AvgIpc) is 2.71. The first-order chi connectivity index (χ1) is 14.1. The minimum absolute atomic E-state index is 0.0306. The standard InChI is InChI=1S/C18H16Cl2FN3O5S/c1-3-6-23-30(27,28)14-7-11(4-5-13(14)21)18(26)29-9-15(25)24-17-16(20)10(2)12(19)8-22-17/h3-5,7-8,23H,1,6,9H2,2H3,(H,22,24,25). The molecule has 2 aromatic rings. The number of amides is 1. The van der Waals surface area contributed by atoms with Crippen molar-refractivity contribution < 1.29 is 27.1 Å². The molecular weight excluding hydrogens is 460 g/mol. The van der Waals surface area contributed by atoms with Gasteiger partial charge in [0.1, 0.15) is 10.7 Å². The SMILES string of the molecule is C=CCNS(=O)(=O)c1cc(C(=O)OCC(=O)Nc2ncc(Cl)c(C)c2Cl)ccc1F. The molecule has 160 valence electrons. The van der Waals surface area contributed by atoms with Gasteiger partial charge in [-0.25, -0.2) is 27.3 Å². The van der Waals surface area contributed by atoms with Crippen LogP contribution in [0.3, 0.4) is 0 Å². The van der Waals surface area contributed by atoms with Crippen LogP contribution in [0, 0.1) is 12.7 Å². The number of benzene rings is 1. The van der Waals surface area contributed by atoms with Crippen molar-refractivity contribution in [3.63, 3.8) is 0 Å². The Balaban J connectivity index is 2.08. The molecule has 0 unspecified atom stereocenters. The first-order valence-corrected chi connectivity index (χ1v) is 10.5. The van der Waals surface area contributed by atoms with Crippen molar-refractivity contribution >= 4 is 50.9 Å². The second-order valence-corrected chi connectivity index (χ2v) is 8.32. The van der Waals surface area contributed by atoms with Crippen LogP contribution in [0.5, 0.6) is 0 Å². The summed E-state index contributed by atoms with van der Waals surface area (Å²) in [6.07, 6.45) is 2.57. The summed E-state index contributed by atoms with van der Waals surface area (Å²) in [5.41, 5.74) is 0.243. The second kappa shape index (κ2) is 9.98. The lowest BCUT2D eigenvalue weighted by atomic mass is 10.2. The van der Waals surface area contributed by atoms with E-state index in [4.69, 9.17) is 27.9 Å². The van der Waals surface area contributed by atoms with Crippen molar-refractivity contribution in [2.45, 2.75) is 11.8 Å². The zero-order valence-corrected chi connectivity index (χ0v) is 17.9. The van der Waals surface area contributed by atoms with E-state index in [0.29, 0.717) is 10.6 Å². The van der Waals surface area contributed by atoms with E-state index in [9.17, 15) is 22.4 Å². The molecule has 0 radical (unpaired) electrons. The molecule has 2 N–H and O–H groups in total. The number of anilines is 1. The van der Waals surface area contributed by atoms with Crippen molar-refractivity contribution in [2.24, 2.45) is 0 Å². The van der Waals surface area contributed by atoms with Crippen LogP contribution in [-0.4, -0.2) is 38.4 Å².